The molecule has 0 amide bonds. The number of nitrogens with zero attached hydrogens (tertiary/aromatic N) is 3. The van der Waals surface area contributed by atoms with Gasteiger partial charge in [0.05, 0.1) is 24.4 Å². The SMILES string of the molecule is C[C@]12CC[C@H]3[C@@H](CC[C@H]4C[C@H](O)C[C@H](n5cc(-c6ccccc6)nn5)[C@@]43C)[C@@H]1CC[C@@H]2O. The molecule has 5 nitrogen and oxygen atoms in total. The smallest absolute Gasteiger partial charge is 0.113 e. The van der Waals surface area contributed by atoms with E-state index in [1.54, 1.807) is 0 Å². The Bertz CT molecular complexity index is 976. The minimum Gasteiger partial charge on any atom is -0.393 e. The Hall–Kier alpha value is -1.72. The lowest BCUT2D eigenvalue weighted by molar-refractivity contribution is -0.157. The van der Waals surface area contributed by atoms with E-state index < -0.39 is 0 Å². The molecule has 4 aliphatic rings. The maximum atomic E-state index is 10.8. The molecule has 32 heavy (non-hydrogen) atoms. The van der Waals surface area contributed by atoms with E-state index in [4.69, 9.17) is 0 Å². The first-order valence-corrected chi connectivity index (χ1v) is 12.7. The lowest BCUT2D eigenvalue weighted by Crippen LogP contribution is -2.58. The van der Waals surface area contributed by atoms with Crippen LogP contribution in [0.4, 0.5) is 0 Å². The Balaban J connectivity index is 1.37. The van der Waals surface area contributed by atoms with Gasteiger partial charge in [-0.15, -0.1) is 5.10 Å². The second-order valence-electron chi connectivity index (χ2n) is 11.7. The van der Waals surface area contributed by atoms with Gasteiger partial charge in [-0.3, -0.25) is 0 Å². The molecule has 0 saturated heterocycles. The van der Waals surface area contributed by atoms with Crippen LogP contribution >= 0.6 is 0 Å². The molecule has 4 aliphatic carbocycles. The van der Waals surface area contributed by atoms with Crippen LogP contribution in [0.3, 0.4) is 0 Å². The fourth-order valence-electron chi connectivity index (χ4n) is 8.83. The van der Waals surface area contributed by atoms with Crippen molar-refractivity contribution >= 4 is 0 Å². The summed E-state index contributed by atoms with van der Waals surface area (Å²) in [6.07, 6.45) is 10.3. The van der Waals surface area contributed by atoms with Gasteiger partial charge < -0.3 is 10.2 Å². The van der Waals surface area contributed by atoms with E-state index in [0.717, 1.165) is 36.9 Å². The second kappa shape index (κ2) is 7.39. The summed E-state index contributed by atoms with van der Waals surface area (Å²) in [4.78, 5) is 0. The van der Waals surface area contributed by atoms with E-state index in [2.05, 4.69) is 47.2 Å². The molecule has 0 unspecified atom stereocenters. The molecule has 0 radical (unpaired) electrons. The predicted octanol–water partition coefficient (Wildman–Crippen LogP) is 4.86. The molecule has 6 rings (SSSR count). The first-order chi connectivity index (χ1) is 15.4. The van der Waals surface area contributed by atoms with Gasteiger partial charge >= 0.3 is 0 Å². The minimum absolute atomic E-state index is 0.0990. The molecular weight excluding hydrogens is 398 g/mol. The van der Waals surface area contributed by atoms with Crippen molar-refractivity contribution < 1.29 is 10.2 Å². The van der Waals surface area contributed by atoms with Crippen molar-refractivity contribution in [2.45, 2.75) is 83.5 Å². The molecule has 1 aromatic carbocycles. The lowest BCUT2D eigenvalue weighted by Gasteiger charge is -2.62. The molecular formula is C27H37N3O2. The topological polar surface area (TPSA) is 71.2 Å². The highest BCUT2D eigenvalue weighted by Crippen LogP contribution is 2.68. The van der Waals surface area contributed by atoms with E-state index in [1.165, 1.54) is 25.7 Å². The van der Waals surface area contributed by atoms with Crippen LogP contribution < -0.4 is 0 Å². The van der Waals surface area contributed by atoms with Crippen molar-refractivity contribution in [1.29, 1.82) is 0 Å². The van der Waals surface area contributed by atoms with E-state index in [1.807, 2.05) is 18.2 Å². The van der Waals surface area contributed by atoms with Crippen molar-refractivity contribution in [1.82, 2.24) is 15.0 Å². The average Bonchev–Trinajstić information content (AvgIpc) is 3.39. The van der Waals surface area contributed by atoms with Crippen LogP contribution in [0.1, 0.15) is 71.3 Å². The largest absolute Gasteiger partial charge is 0.393 e. The molecule has 1 heterocycles. The van der Waals surface area contributed by atoms with Crippen molar-refractivity contribution in [2.24, 2.45) is 34.5 Å². The highest BCUT2D eigenvalue weighted by Gasteiger charge is 2.62. The van der Waals surface area contributed by atoms with Gasteiger partial charge in [-0.05, 0) is 85.9 Å². The van der Waals surface area contributed by atoms with E-state index >= 15 is 0 Å². The maximum Gasteiger partial charge on any atom is 0.113 e. The van der Waals surface area contributed by atoms with Gasteiger partial charge in [-0.1, -0.05) is 49.4 Å². The van der Waals surface area contributed by atoms with Gasteiger partial charge in [0, 0.05) is 5.56 Å². The Morgan fingerprint density at radius 2 is 1.75 bits per heavy atom. The summed E-state index contributed by atoms with van der Waals surface area (Å²) in [5, 5.41) is 30.8. The fraction of sp³-hybridized carbons (Fsp3) is 0.704. The summed E-state index contributed by atoms with van der Waals surface area (Å²) < 4.78 is 2.09. The van der Waals surface area contributed by atoms with Gasteiger partial charge in [-0.25, -0.2) is 4.68 Å². The van der Waals surface area contributed by atoms with Crippen LogP contribution in [0.5, 0.6) is 0 Å². The molecule has 0 bridgehead atoms. The molecule has 172 valence electrons. The third kappa shape index (κ3) is 2.89. The van der Waals surface area contributed by atoms with Crippen LogP contribution in [0, 0.1) is 34.5 Å². The van der Waals surface area contributed by atoms with Crippen molar-refractivity contribution in [3.8, 4) is 11.3 Å². The van der Waals surface area contributed by atoms with Gasteiger partial charge in [0.15, 0.2) is 0 Å². The summed E-state index contributed by atoms with van der Waals surface area (Å²) in [7, 11) is 0. The van der Waals surface area contributed by atoms with Crippen LogP contribution in [0.25, 0.3) is 11.3 Å². The molecule has 2 aromatic rings. The first-order valence-electron chi connectivity index (χ1n) is 12.7. The molecule has 0 spiro atoms. The first kappa shape index (κ1) is 20.9. The van der Waals surface area contributed by atoms with Gasteiger partial charge in [0.1, 0.15) is 5.69 Å². The zero-order valence-electron chi connectivity index (χ0n) is 19.4. The van der Waals surface area contributed by atoms with Crippen molar-refractivity contribution in [3.05, 3.63) is 36.5 Å². The van der Waals surface area contributed by atoms with Crippen molar-refractivity contribution in [3.63, 3.8) is 0 Å². The Morgan fingerprint density at radius 3 is 2.56 bits per heavy atom. The molecule has 2 N–H and O–H groups in total. The number of hydrogen-bond donors (Lipinski definition) is 2. The summed E-state index contributed by atoms with van der Waals surface area (Å²) in [5.74, 6) is 2.48. The van der Waals surface area contributed by atoms with Gasteiger partial charge in [0.2, 0.25) is 0 Å². The van der Waals surface area contributed by atoms with Crippen LogP contribution in [-0.2, 0) is 0 Å². The minimum atomic E-state index is -0.263. The molecule has 4 saturated carbocycles. The normalized spacial score (nSPS) is 45.7. The number of aliphatic hydroxyl groups is 2. The third-order valence-corrected chi connectivity index (χ3v) is 10.6. The number of hydrogen-bond acceptors (Lipinski definition) is 4. The maximum absolute atomic E-state index is 10.8. The highest BCUT2D eigenvalue weighted by molar-refractivity contribution is 5.57. The number of benzene rings is 1. The summed E-state index contributed by atoms with van der Waals surface area (Å²) in [6.45, 7) is 4.86. The monoisotopic (exact) mass is 435 g/mol. The summed E-state index contributed by atoms with van der Waals surface area (Å²) in [5.41, 5.74) is 2.21. The zero-order valence-corrected chi connectivity index (χ0v) is 19.4. The quantitative estimate of drug-likeness (QED) is 0.707. The molecule has 5 heteroatoms. The Kier molecular flexibility index (Phi) is 4.82. The van der Waals surface area contributed by atoms with Crippen molar-refractivity contribution in [2.75, 3.05) is 0 Å². The third-order valence-electron chi connectivity index (χ3n) is 10.6. The van der Waals surface area contributed by atoms with E-state index in [9.17, 15) is 10.2 Å². The van der Waals surface area contributed by atoms with Crippen LogP contribution in [0.15, 0.2) is 36.5 Å². The molecule has 0 aliphatic heterocycles. The number of fused-ring (bicyclic) bond motifs is 5. The Labute approximate surface area is 191 Å². The van der Waals surface area contributed by atoms with Crippen LogP contribution in [-0.4, -0.2) is 37.4 Å². The number of aliphatic hydroxyl groups excluding tert-OH is 2. The number of rotatable bonds is 2. The highest BCUT2D eigenvalue weighted by atomic mass is 16.3. The average molecular weight is 436 g/mol. The van der Waals surface area contributed by atoms with Crippen LogP contribution in [0.2, 0.25) is 0 Å². The van der Waals surface area contributed by atoms with E-state index in [0.29, 0.717) is 23.7 Å². The number of aromatic nitrogens is 3. The fourth-order valence-corrected chi connectivity index (χ4v) is 8.83. The predicted molar refractivity (Wildman–Crippen MR) is 124 cm³/mol. The second-order valence-corrected chi connectivity index (χ2v) is 11.7. The Morgan fingerprint density at radius 1 is 0.938 bits per heavy atom. The molecule has 9 atom stereocenters. The van der Waals surface area contributed by atoms with Gasteiger partial charge in [0.25, 0.3) is 0 Å². The molecule has 4 fully saturated rings. The van der Waals surface area contributed by atoms with Gasteiger partial charge in [-0.2, -0.15) is 0 Å². The summed E-state index contributed by atoms with van der Waals surface area (Å²) >= 11 is 0. The lowest BCUT2D eigenvalue weighted by atomic mass is 9.44. The zero-order chi connectivity index (χ0) is 22.1. The summed E-state index contributed by atoms with van der Waals surface area (Å²) in [6, 6.07) is 10.4. The molecule has 1 aromatic heterocycles. The standard InChI is InChI=1S/C27H37N3O2/c1-26-13-12-22-20(21(26)10-11-25(26)32)9-8-18-14-19(31)15-24(27(18,22)2)30-16-23(28-29-30)17-6-4-3-5-7-17/h3-7,16,18-22,24-25,31-32H,8-15H2,1-2H3/t18-,19-,20-,21-,22-,24-,25-,26-,27-/m0/s1. The van der Waals surface area contributed by atoms with E-state index in [-0.39, 0.29) is 29.1 Å².